The summed E-state index contributed by atoms with van der Waals surface area (Å²) in [6, 6.07) is 0.0214. The second-order valence-corrected chi connectivity index (χ2v) is 6.93. The number of ketones is 1. The number of rotatable bonds is 5. The van der Waals surface area contributed by atoms with E-state index in [2.05, 4.69) is 31.4 Å². The minimum atomic E-state index is 0.00212. The first-order chi connectivity index (χ1) is 8.29. The van der Waals surface area contributed by atoms with Gasteiger partial charge in [-0.05, 0) is 59.0 Å². The maximum absolute atomic E-state index is 12.3. The van der Waals surface area contributed by atoms with Crippen LogP contribution in [0.25, 0.3) is 0 Å². The van der Waals surface area contributed by atoms with Gasteiger partial charge in [-0.25, -0.2) is 0 Å². The van der Waals surface area contributed by atoms with Crippen LogP contribution in [0.1, 0.15) is 53.9 Å². The molecule has 1 atom stereocenters. The Bertz CT molecular complexity index is 262. The molecule has 0 saturated carbocycles. The lowest BCUT2D eigenvalue weighted by Crippen LogP contribution is -2.50. The first kappa shape index (κ1) is 15.6. The van der Waals surface area contributed by atoms with E-state index in [1.165, 1.54) is 12.8 Å². The summed E-state index contributed by atoms with van der Waals surface area (Å²) in [5.41, 5.74) is 0.00212. The summed E-state index contributed by atoms with van der Waals surface area (Å²) >= 11 is 0. The molecule has 0 bridgehead atoms. The number of carbonyl (C=O) groups is 1. The normalized spacial score (nSPS) is 20.1. The van der Waals surface area contributed by atoms with Crippen LogP contribution in [-0.2, 0) is 4.79 Å². The topological polar surface area (TPSA) is 41.1 Å². The minimum absolute atomic E-state index is 0.00212. The Morgan fingerprint density at radius 1 is 1.28 bits per heavy atom. The predicted octanol–water partition coefficient (Wildman–Crippen LogP) is 2.36. The average molecular weight is 254 g/mol. The molecular weight excluding hydrogens is 224 g/mol. The van der Waals surface area contributed by atoms with Crippen molar-refractivity contribution in [3.63, 3.8) is 0 Å². The van der Waals surface area contributed by atoms with E-state index in [9.17, 15) is 4.79 Å². The van der Waals surface area contributed by atoms with Crippen LogP contribution < -0.4 is 10.6 Å². The summed E-state index contributed by atoms with van der Waals surface area (Å²) in [5.74, 6) is 1.17. The molecule has 0 radical (unpaired) electrons. The highest BCUT2D eigenvalue weighted by Gasteiger charge is 2.28. The van der Waals surface area contributed by atoms with Crippen molar-refractivity contribution in [1.82, 2.24) is 10.6 Å². The smallest absolute Gasteiger partial charge is 0.152 e. The highest BCUT2D eigenvalue weighted by molar-refractivity contribution is 5.85. The van der Waals surface area contributed by atoms with E-state index in [4.69, 9.17) is 0 Å². The molecule has 3 nitrogen and oxygen atoms in total. The Kier molecular flexibility index (Phi) is 5.80. The number of carbonyl (C=O) groups excluding carboxylic acids is 1. The molecule has 0 aromatic rings. The van der Waals surface area contributed by atoms with Crippen molar-refractivity contribution >= 4 is 5.78 Å². The van der Waals surface area contributed by atoms with Crippen LogP contribution in [0, 0.1) is 11.8 Å². The summed E-state index contributed by atoms with van der Waals surface area (Å²) in [6.07, 6.45) is 3.40. The van der Waals surface area contributed by atoms with Crippen molar-refractivity contribution in [2.75, 3.05) is 13.1 Å². The van der Waals surface area contributed by atoms with Gasteiger partial charge in [0.05, 0.1) is 6.04 Å². The quantitative estimate of drug-likeness (QED) is 0.791. The maximum Gasteiger partial charge on any atom is 0.152 e. The average Bonchev–Trinajstić information content (AvgIpc) is 2.26. The zero-order valence-electron chi connectivity index (χ0n) is 12.7. The van der Waals surface area contributed by atoms with Crippen molar-refractivity contribution < 1.29 is 4.79 Å². The van der Waals surface area contributed by atoms with Crippen LogP contribution in [0.5, 0.6) is 0 Å². The molecule has 0 aliphatic carbocycles. The van der Waals surface area contributed by atoms with E-state index in [1.807, 2.05) is 13.8 Å². The number of nitrogens with one attached hydrogen (secondary N) is 2. The summed E-state index contributed by atoms with van der Waals surface area (Å²) in [6.45, 7) is 12.6. The Labute approximate surface area is 112 Å². The molecule has 1 aliphatic rings. The van der Waals surface area contributed by atoms with Gasteiger partial charge in [-0.3, -0.25) is 4.79 Å². The molecule has 2 N–H and O–H groups in total. The van der Waals surface area contributed by atoms with Gasteiger partial charge in [-0.15, -0.1) is 0 Å². The molecule has 1 aliphatic heterocycles. The lowest BCUT2D eigenvalue weighted by atomic mass is 9.86. The van der Waals surface area contributed by atoms with Crippen LogP contribution in [0.2, 0.25) is 0 Å². The van der Waals surface area contributed by atoms with E-state index >= 15 is 0 Å². The third-order valence-electron chi connectivity index (χ3n) is 3.55. The summed E-state index contributed by atoms with van der Waals surface area (Å²) in [5, 5.41) is 6.90. The van der Waals surface area contributed by atoms with E-state index in [-0.39, 0.29) is 17.5 Å². The Hall–Kier alpha value is -0.410. The van der Waals surface area contributed by atoms with Gasteiger partial charge < -0.3 is 10.6 Å². The van der Waals surface area contributed by atoms with Crippen LogP contribution in [0.15, 0.2) is 0 Å². The molecule has 1 rings (SSSR count). The van der Waals surface area contributed by atoms with Crippen LogP contribution in [-0.4, -0.2) is 30.5 Å². The second kappa shape index (κ2) is 6.67. The van der Waals surface area contributed by atoms with Crippen LogP contribution in [0.4, 0.5) is 0 Å². The second-order valence-electron chi connectivity index (χ2n) is 6.93. The van der Waals surface area contributed by atoms with Crippen LogP contribution in [0.3, 0.4) is 0 Å². The summed E-state index contributed by atoms with van der Waals surface area (Å²) in [4.78, 5) is 12.3. The fraction of sp³-hybridized carbons (Fsp3) is 0.933. The molecule has 0 amide bonds. The largest absolute Gasteiger partial charge is 0.317 e. The molecule has 106 valence electrons. The third-order valence-corrected chi connectivity index (χ3v) is 3.55. The van der Waals surface area contributed by atoms with Gasteiger partial charge in [0.2, 0.25) is 0 Å². The molecule has 1 saturated heterocycles. The fourth-order valence-electron chi connectivity index (χ4n) is 2.62. The van der Waals surface area contributed by atoms with Crippen molar-refractivity contribution in [3.8, 4) is 0 Å². The van der Waals surface area contributed by atoms with E-state index < -0.39 is 0 Å². The van der Waals surface area contributed by atoms with Gasteiger partial charge in [-0.2, -0.15) is 0 Å². The molecule has 18 heavy (non-hydrogen) atoms. The van der Waals surface area contributed by atoms with Gasteiger partial charge in [0.15, 0.2) is 5.78 Å². The molecular formula is C15H30N2O. The molecule has 0 aromatic carbocycles. The summed E-state index contributed by atoms with van der Waals surface area (Å²) < 4.78 is 0. The van der Waals surface area contributed by atoms with Crippen molar-refractivity contribution in [2.24, 2.45) is 11.8 Å². The SMILES string of the molecule is CC(C)C(=O)[C@H](CC1CCNCC1)NC(C)(C)C. The molecule has 3 heteroatoms. The number of piperidine rings is 1. The summed E-state index contributed by atoms with van der Waals surface area (Å²) in [7, 11) is 0. The Morgan fingerprint density at radius 3 is 2.28 bits per heavy atom. The standard InChI is InChI=1S/C15H30N2O/c1-11(2)14(18)13(17-15(3,4)5)10-12-6-8-16-9-7-12/h11-13,16-17H,6-10H2,1-5H3/t13-/m0/s1. The first-order valence-corrected chi connectivity index (χ1v) is 7.31. The third kappa shape index (κ3) is 5.49. The van der Waals surface area contributed by atoms with Crippen molar-refractivity contribution in [3.05, 3.63) is 0 Å². The zero-order chi connectivity index (χ0) is 13.8. The Morgan fingerprint density at radius 2 is 1.83 bits per heavy atom. The first-order valence-electron chi connectivity index (χ1n) is 7.31. The lowest BCUT2D eigenvalue weighted by molar-refractivity contribution is -0.125. The Balaban J connectivity index is 2.61. The molecule has 1 fully saturated rings. The van der Waals surface area contributed by atoms with Gasteiger partial charge in [0.25, 0.3) is 0 Å². The highest BCUT2D eigenvalue weighted by Crippen LogP contribution is 2.21. The molecule has 1 heterocycles. The molecule has 0 spiro atoms. The monoisotopic (exact) mass is 254 g/mol. The number of hydrogen-bond donors (Lipinski definition) is 2. The highest BCUT2D eigenvalue weighted by atomic mass is 16.1. The van der Waals surface area contributed by atoms with E-state index in [0.717, 1.165) is 19.5 Å². The molecule has 0 aromatic heterocycles. The van der Waals surface area contributed by atoms with Gasteiger partial charge in [-0.1, -0.05) is 13.8 Å². The lowest BCUT2D eigenvalue weighted by Gasteiger charge is -2.32. The molecule has 0 unspecified atom stereocenters. The minimum Gasteiger partial charge on any atom is -0.317 e. The van der Waals surface area contributed by atoms with E-state index in [1.54, 1.807) is 0 Å². The van der Waals surface area contributed by atoms with Crippen molar-refractivity contribution in [2.45, 2.75) is 65.5 Å². The van der Waals surface area contributed by atoms with Crippen LogP contribution >= 0.6 is 0 Å². The maximum atomic E-state index is 12.3. The van der Waals surface area contributed by atoms with Gasteiger partial charge in [0.1, 0.15) is 0 Å². The zero-order valence-corrected chi connectivity index (χ0v) is 12.7. The van der Waals surface area contributed by atoms with Gasteiger partial charge >= 0.3 is 0 Å². The fourth-order valence-corrected chi connectivity index (χ4v) is 2.62. The number of hydrogen-bond acceptors (Lipinski definition) is 3. The number of Topliss-reactive ketones (excluding diaryl/α,β-unsaturated/α-hetero) is 1. The van der Waals surface area contributed by atoms with Gasteiger partial charge in [0, 0.05) is 11.5 Å². The van der Waals surface area contributed by atoms with Crippen molar-refractivity contribution in [1.29, 1.82) is 0 Å². The predicted molar refractivity (Wildman–Crippen MR) is 76.7 cm³/mol. The van der Waals surface area contributed by atoms with E-state index in [0.29, 0.717) is 11.7 Å².